The molecule has 1 atom stereocenters. The fraction of sp³-hybridized carbons (Fsp3) is 0.200. The maximum Gasteiger partial charge on any atom is 0.300 e. The largest absolute Gasteiger partial charge is 0.507 e. The summed E-state index contributed by atoms with van der Waals surface area (Å²) >= 11 is 0. The third kappa shape index (κ3) is 4.07. The number of ketones is 1. The first-order valence-electron chi connectivity index (χ1n) is 10.3. The van der Waals surface area contributed by atoms with Crippen LogP contribution in [0.3, 0.4) is 0 Å². The molecule has 7 nitrogen and oxygen atoms in total. The molecule has 1 saturated heterocycles. The molecule has 0 bridgehead atoms. The van der Waals surface area contributed by atoms with Crippen LogP contribution >= 0.6 is 0 Å². The molecule has 2 heterocycles. The number of halogens is 1. The number of amides is 1. The van der Waals surface area contributed by atoms with Crippen molar-refractivity contribution < 1.29 is 33.0 Å². The number of furan rings is 1. The summed E-state index contributed by atoms with van der Waals surface area (Å²) in [6.45, 7) is 3.79. The van der Waals surface area contributed by atoms with Gasteiger partial charge in [-0.1, -0.05) is 0 Å². The van der Waals surface area contributed by atoms with Crippen molar-refractivity contribution in [3.63, 3.8) is 0 Å². The molecule has 8 heteroatoms. The number of benzene rings is 2. The molecular weight excluding hydrogens is 429 g/mol. The van der Waals surface area contributed by atoms with Gasteiger partial charge in [-0.25, -0.2) is 4.39 Å². The Bertz CT molecular complexity index is 1210. The predicted molar refractivity (Wildman–Crippen MR) is 119 cm³/mol. The standard InChI is InChI=1S/C25H22FNO6/c1-14(2)33-17-9-7-16(8-10-17)27-22(20-5-4-12-32-20)21(24(29)25(27)30)23(28)18-13-15(26)6-11-19(18)31-3/h4-14,22,28H,1-3H3/b23-21-. The van der Waals surface area contributed by atoms with Gasteiger partial charge < -0.3 is 19.0 Å². The van der Waals surface area contributed by atoms with Crippen molar-refractivity contribution in [1.29, 1.82) is 0 Å². The van der Waals surface area contributed by atoms with Crippen molar-refractivity contribution in [2.24, 2.45) is 0 Å². The van der Waals surface area contributed by atoms with Crippen LogP contribution in [0.1, 0.15) is 31.2 Å². The molecule has 0 radical (unpaired) electrons. The van der Waals surface area contributed by atoms with Gasteiger partial charge in [-0.05, 0) is 68.4 Å². The normalized spacial score (nSPS) is 17.6. The molecule has 33 heavy (non-hydrogen) atoms. The first kappa shape index (κ1) is 22.1. The number of aliphatic hydroxyl groups excluding tert-OH is 1. The molecule has 0 aliphatic carbocycles. The van der Waals surface area contributed by atoms with E-state index in [2.05, 4.69) is 0 Å². The fourth-order valence-electron chi connectivity index (χ4n) is 3.78. The molecular formula is C25H22FNO6. The van der Waals surface area contributed by atoms with Gasteiger partial charge in [-0.15, -0.1) is 0 Å². The Labute approximate surface area is 189 Å². The monoisotopic (exact) mass is 451 g/mol. The number of carbonyl (C=O) groups excluding carboxylic acids is 2. The molecule has 4 rings (SSSR count). The van der Waals surface area contributed by atoms with E-state index in [9.17, 15) is 19.1 Å². The second-order valence-corrected chi connectivity index (χ2v) is 7.69. The van der Waals surface area contributed by atoms with E-state index in [1.165, 1.54) is 30.4 Å². The number of carbonyl (C=O) groups is 2. The molecule has 1 N–H and O–H groups in total. The van der Waals surface area contributed by atoms with Crippen LogP contribution in [0.2, 0.25) is 0 Å². The van der Waals surface area contributed by atoms with Crippen molar-refractivity contribution >= 4 is 23.1 Å². The number of ether oxygens (including phenoxy) is 2. The van der Waals surface area contributed by atoms with Gasteiger partial charge in [0.15, 0.2) is 0 Å². The number of hydrogen-bond acceptors (Lipinski definition) is 6. The van der Waals surface area contributed by atoms with E-state index in [0.717, 1.165) is 6.07 Å². The highest BCUT2D eigenvalue weighted by atomic mass is 19.1. The molecule has 0 spiro atoms. The van der Waals surface area contributed by atoms with Gasteiger partial charge in [0.2, 0.25) is 0 Å². The number of Topliss-reactive ketones (excluding diaryl/α,β-unsaturated/α-hetero) is 1. The Kier molecular flexibility index (Phi) is 5.91. The molecule has 0 saturated carbocycles. The topological polar surface area (TPSA) is 89.2 Å². The van der Waals surface area contributed by atoms with Crippen LogP contribution in [-0.4, -0.2) is 30.0 Å². The summed E-state index contributed by atoms with van der Waals surface area (Å²) in [4.78, 5) is 27.4. The zero-order valence-electron chi connectivity index (χ0n) is 18.2. The van der Waals surface area contributed by atoms with Crippen LogP contribution in [0.5, 0.6) is 11.5 Å². The summed E-state index contributed by atoms with van der Waals surface area (Å²) in [6.07, 6.45) is 1.37. The lowest BCUT2D eigenvalue weighted by atomic mass is 9.98. The van der Waals surface area contributed by atoms with Gasteiger partial charge in [0.25, 0.3) is 11.7 Å². The van der Waals surface area contributed by atoms with Gasteiger partial charge in [-0.3, -0.25) is 14.5 Å². The van der Waals surface area contributed by atoms with Crippen molar-refractivity contribution in [3.05, 3.63) is 83.6 Å². The van der Waals surface area contributed by atoms with Crippen LogP contribution in [0.4, 0.5) is 10.1 Å². The molecule has 3 aromatic rings. The van der Waals surface area contributed by atoms with E-state index < -0.39 is 29.3 Å². The predicted octanol–water partition coefficient (Wildman–Crippen LogP) is 4.84. The molecule has 1 aromatic heterocycles. The number of aliphatic hydroxyl groups is 1. The highest BCUT2D eigenvalue weighted by molar-refractivity contribution is 6.51. The molecule has 1 unspecified atom stereocenters. The number of hydrogen-bond donors (Lipinski definition) is 1. The minimum absolute atomic E-state index is 0.0329. The second-order valence-electron chi connectivity index (χ2n) is 7.69. The quantitative estimate of drug-likeness (QED) is 0.328. The van der Waals surface area contributed by atoms with Crippen LogP contribution in [-0.2, 0) is 9.59 Å². The minimum Gasteiger partial charge on any atom is -0.507 e. The first-order chi connectivity index (χ1) is 15.8. The van der Waals surface area contributed by atoms with Gasteiger partial charge in [0.05, 0.1) is 30.6 Å². The Morgan fingerprint density at radius 2 is 1.85 bits per heavy atom. The Balaban J connectivity index is 1.87. The SMILES string of the molecule is COc1ccc(F)cc1/C(O)=C1/C(=O)C(=O)N(c2ccc(OC(C)C)cc2)C1c1ccco1. The maximum atomic E-state index is 14.0. The van der Waals surface area contributed by atoms with Crippen molar-refractivity contribution in [2.45, 2.75) is 26.0 Å². The fourth-order valence-corrected chi connectivity index (χ4v) is 3.78. The molecule has 170 valence electrons. The molecule has 1 amide bonds. The van der Waals surface area contributed by atoms with Crippen LogP contribution in [0.15, 0.2) is 70.9 Å². The number of anilines is 1. The lowest BCUT2D eigenvalue weighted by molar-refractivity contribution is -0.132. The molecule has 1 aliphatic heterocycles. The molecule has 1 aliphatic rings. The number of methoxy groups -OCH3 is 1. The number of rotatable bonds is 6. The summed E-state index contributed by atoms with van der Waals surface area (Å²) in [5.74, 6) is -1.98. The highest BCUT2D eigenvalue weighted by Crippen LogP contribution is 2.43. The summed E-state index contributed by atoms with van der Waals surface area (Å²) in [7, 11) is 1.35. The lowest BCUT2D eigenvalue weighted by Gasteiger charge is -2.24. The molecule has 2 aromatic carbocycles. The van der Waals surface area contributed by atoms with Gasteiger partial charge in [0.1, 0.15) is 34.9 Å². The van der Waals surface area contributed by atoms with Gasteiger partial charge >= 0.3 is 0 Å². The number of nitrogens with zero attached hydrogens (tertiary/aromatic N) is 1. The zero-order valence-corrected chi connectivity index (χ0v) is 18.2. The van der Waals surface area contributed by atoms with Crippen LogP contribution < -0.4 is 14.4 Å². The third-order valence-corrected chi connectivity index (χ3v) is 5.16. The zero-order chi connectivity index (χ0) is 23.7. The smallest absolute Gasteiger partial charge is 0.300 e. The highest BCUT2D eigenvalue weighted by Gasteiger charge is 2.48. The van der Waals surface area contributed by atoms with E-state index in [0.29, 0.717) is 11.4 Å². The average Bonchev–Trinajstić information content (AvgIpc) is 3.41. The average molecular weight is 451 g/mol. The third-order valence-electron chi connectivity index (χ3n) is 5.16. The van der Waals surface area contributed by atoms with Crippen molar-refractivity contribution in [3.8, 4) is 11.5 Å². The summed E-state index contributed by atoms with van der Waals surface area (Å²) in [5, 5.41) is 11.1. The van der Waals surface area contributed by atoms with E-state index >= 15 is 0 Å². The van der Waals surface area contributed by atoms with Crippen molar-refractivity contribution in [1.82, 2.24) is 0 Å². The van der Waals surface area contributed by atoms with E-state index in [-0.39, 0.29) is 28.8 Å². The van der Waals surface area contributed by atoms with Crippen LogP contribution in [0.25, 0.3) is 5.76 Å². The lowest BCUT2D eigenvalue weighted by Crippen LogP contribution is -2.29. The van der Waals surface area contributed by atoms with E-state index in [1.54, 1.807) is 36.4 Å². The maximum absolute atomic E-state index is 14.0. The van der Waals surface area contributed by atoms with E-state index in [4.69, 9.17) is 13.9 Å². The summed E-state index contributed by atoms with van der Waals surface area (Å²) in [5.41, 5.74) is 0.119. The van der Waals surface area contributed by atoms with Gasteiger partial charge in [0, 0.05) is 5.69 Å². The Morgan fingerprint density at radius 1 is 1.12 bits per heavy atom. The van der Waals surface area contributed by atoms with Gasteiger partial charge in [-0.2, -0.15) is 0 Å². The van der Waals surface area contributed by atoms with Crippen LogP contribution in [0, 0.1) is 5.82 Å². The molecule has 1 fully saturated rings. The Morgan fingerprint density at radius 3 is 2.45 bits per heavy atom. The second kappa shape index (κ2) is 8.82. The minimum atomic E-state index is -1.06. The van der Waals surface area contributed by atoms with E-state index in [1.807, 2.05) is 13.8 Å². The Hall–Kier alpha value is -4.07. The summed E-state index contributed by atoms with van der Waals surface area (Å²) in [6, 6.07) is 12.3. The van der Waals surface area contributed by atoms with Crippen molar-refractivity contribution in [2.75, 3.05) is 12.0 Å². The summed E-state index contributed by atoms with van der Waals surface area (Å²) < 4.78 is 30.3. The first-order valence-corrected chi connectivity index (χ1v) is 10.3.